The maximum Gasteiger partial charge on any atom is 0.266 e. The molecule has 0 amide bonds. The summed E-state index contributed by atoms with van der Waals surface area (Å²) >= 11 is 5.61. The van der Waals surface area contributed by atoms with Crippen LogP contribution in [0.5, 0.6) is 0 Å². The van der Waals surface area contributed by atoms with Crippen molar-refractivity contribution in [2.24, 2.45) is 0 Å². The van der Waals surface area contributed by atoms with E-state index >= 15 is 0 Å². The molecule has 1 atom stereocenters. The highest BCUT2D eigenvalue weighted by atomic mass is 35.5. The summed E-state index contributed by atoms with van der Waals surface area (Å²) in [6, 6.07) is 2.96. The molecule has 19 heavy (non-hydrogen) atoms. The summed E-state index contributed by atoms with van der Waals surface area (Å²) in [5, 5.41) is 8.56. The lowest BCUT2D eigenvalue weighted by molar-refractivity contribution is 0.0311. The maximum atomic E-state index is 12.3. The largest absolute Gasteiger partial charge is 0.361 e. The monoisotopic (exact) mass is 303 g/mol. The summed E-state index contributed by atoms with van der Waals surface area (Å²) in [5.41, 5.74) is -0.558. The number of pyridine rings is 1. The van der Waals surface area contributed by atoms with Gasteiger partial charge in [-0.15, -0.1) is 0 Å². The molecule has 0 aromatic carbocycles. The normalized spacial score (nSPS) is 20.9. The summed E-state index contributed by atoms with van der Waals surface area (Å²) in [6.45, 7) is 0.251. The van der Waals surface area contributed by atoms with Crippen LogP contribution >= 0.6 is 11.6 Å². The van der Waals surface area contributed by atoms with E-state index in [-0.39, 0.29) is 29.6 Å². The Bertz CT molecular complexity index is 679. The third-order valence-electron chi connectivity index (χ3n) is 2.64. The zero-order valence-electron chi connectivity index (χ0n) is 9.67. The number of halogens is 1. The number of H-pyrrole nitrogens is 1. The summed E-state index contributed by atoms with van der Waals surface area (Å²) in [6.07, 6.45) is 0.294. The standard InChI is InChI=1S/C10H10ClN3O4S/c11-9-3-8(5-13-10(9)15)19(16,17)14-1-2-18-7(4-12)6-14/h3,5,7H,1-2,6H2,(H,13,15). The van der Waals surface area contributed by atoms with Crippen LogP contribution in [0.1, 0.15) is 0 Å². The van der Waals surface area contributed by atoms with Gasteiger partial charge in [0, 0.05) is 12.7 Å². The van der Waals surface area contributed by atoms with E-state index in [0.717, 1.165) is 16.6 Å². The lowest BCUT2D eigenvalue weighted by atomic mass is 10.3. The minimum Gasteiger partial charge on any atom is -0.361 e. The number of aromatic amines is 1. The van der Waals surface area contributed by atoms with Crippen LogP contribution in [-0.4, -0.2) is 43.5 Å². The Morgan fingerprint density at radius 1 is 1.58 bits per heavy atom. The topological polar surface area (TPSA) is 103 Å². The first-order chi connectivity index (χ1) is 8.95. The van der Waals surface area contributed by atoms with Gasteiger partial charge in [-0.1, -0.05) is 11.6 Å². The number of morpholine rings is 1. The first kappa shape index (κ1) is 14.0. The van der Waals surface area contributed by atoms with Gasteiger partial charge in [0.15, 0.2) is 6.10 Å². The Kier molecular flexibility index (Phi) is 3.91. The highest BCUT2D eigenvalue weighted by Gasteiger charge is 2.31. The van der Waals surface area contributed by atoms with Crippen LogP contribution in [0, 0.1) is 11.3 Å². The highest BCUT2D eigenvalue weighted by molar-refractivity contribution is 7.89. The molecule has 0 spiro atoms. The first-order valence-corrected chi connectivity index (χ1v) is 7.16. The molecule has 1 unspecified atom stereocenters. The van der Waals surface area contributed by atoms with Crippen molar-refractivity contribution in [3.8, 4) is 6.07 Å². The van der Waals surface area contributed by atoms with Gasteiger partial charge in [-0.05, 0) is 6.07 Å². The SMILES string of the molecule is N#CC1CN(S(=O)(=O)c2c[nH]c(=O)c(Cl)c2)CCO1. The van der Waals surface area contributed by atoms with Crippen molar-refractivity contribution in [2.75, 3.05) is 19.7 Å². The van der Waals surface area contributed by atoms with Gasteiger partial charge in [-0.2, -0.15) is 9.57 Å². The van der Waals surface area contributed by atoms with E-state index in [4.69, 9.17) is 21.6 Å². The molecule has 2 rings (SSSR count). The van der Waals surface area contributed by atoms with Gasteiger partial charge in [0.05, 0.1) is 24.1 Å². The molecule has 0 bridgehead atoms. The Balaban J connectivity index is 2.34. The van der Waals surface area contributed by atoms with Gasteiger partial charge in [0.25, 0.3) is 5.56 Å². The number of nitriles is 1. The number of nitrogens with zero attached hydrogens (tertiary/aromatic N) is 2. The molecule has 1 saturated heterocycles. The number of aromatic nitrogens is 1. The minimum absolute atomic E-state index is 0.0461. The zero-order chi connectivity index (χ0) is 14.0. The van der Waals surface area contributed by atoms with Gasteiger partial charge in [0.2, 0.25) is 10.0 Å². The van der Waals surface area contributed by atoms with Crippen molar-refractivity contribution in [2.45, 2.75) is 11.0 Å². The molecule has 0 radical (unpaired) electrons. The van der Waals surface area contributed by atoms with Crippen molar-refractivity contribution in [3.05, 3.63) is 27.6 Å². The van der Waals surface area contributed by atoms with Crippen LogP contribution < -0.4 is 5.56 Å². The Hall–Kier alpha value is -1.40. The molecule has 2 heterocycles. The minimum atomic E-state index is -3.80. The zero-order valence-corrected chi connectivity index (χ0v) is 11.2. The molecule has 0 aliphatic carbocycles. The van der Waals surface area contributed by atoms with Crippen molar-refractivity contribution in [1.82, 2.24) is 9.29 Å². The summed E-state index contributed by atoms with van der Waals surface area (Å²) < 4.78 is 30.8. The molecule has 1 aromatic rings. The smallest absolute Gasteiger partial charge is 0.266 e. The fourth-order valence-corrected chi connectivity index (χ4v) is 3.31. The van der Waals surface area contributed by atoms with Crippen molar-refractivity contribution < 1.29 is 13.2 Å². The summed E-state index contributed by atoms with van der Waals surface area (Å²) in [4.78, 5) is 13.2. The number of ether oxygens (including phenoxy) is 1. The lowest BCUT2D eigenvalue weighted by Crippen LogP contribution is -2.45. The molecule has 9 heteroatoms. The van der Waals surface area contributed by atoms with E-state index in [9.17, 15) is 13.2 Å². The molecule has 1 aliphatic heterocycles. The van der Waals surface area contributed by atoms with Gasteiger partial charge in [0.1, 0.15) is 5.02 Å². The molecule has 1 aliphatic rings. The Morgan fingerprint density at radius 3 is 2.95 bits per heavy atom. The second-order valence-electron chi connectivity index (χ2n) is 3.86. The number of hydrogen-bond donors (Lipinski definition) is 1. The van der Waals surface area contributed by atoms with E-state index in [1.54, 1.807) is 0 Å². The Morgan fingerprint density at radius 2 is 2.32 bits per heavy atom. The third-order valence-corrected chi connectivity index (χ3v) is 4.77. The predicted octanol–water partition coefficient (Wildman–Crippen LogP) is -0.0586. The molecule has 102 valence electrons. The number of sulfonamides is 1. The molecular weight excluding hydrogens is 294 g/mol. The average Bonchev–Trinajstić information content (AvgIpc) is 2.41. The second kappa shape index (κ2) is 5.30. The van der Waals surface area contributed by atoms with E-state index in [1.165, 1.54) is 0 Å². The summed E-state index contributed by atoms with van der Waals surface area (Å²) in [5.74, 6) is 0. The number of nitrogens with one attached hydrogen (secondary N) is 1. The van der Waals surface area contributed by atoms with Crippen LogP contribution in [0.4, 0.5) is 0 Å². The predicted molar refractivity (Wildman–Crippen MR) is 66.2 cm³/mol. The summed E-state index contributed by atoms with van der Waals surface area (Å²) in [7, 11) is -3.80. The lowest BCUT2D eigenvalue weighted by Gasteiger charge is -2.28. The molecule has 1 N–H and O–H groups in total. The van der Waals surface area contributed by atoms with Crippen LogP contribution in [0.2, 0.25) is 5.02 Å². The molecule has 1 aromatic heterocycles. The number of rotatable bonds is 2. The van der Waals surface area contributed by atoms with Gasteiger partial charge in [-0.25, -0.2) is 8.42 Å². The fraction of sp³-hybridized carbons (Fsp3) is 0.400. The van der Waals surface area contributed by atoms with Crippen molar-refractivity contribution >= 4 is 21.6 Å². The average molecular weight is 304 g/mol. The Labute approximate surface area is 114 Å². The molecular formula is C10H10ClN3O4S. The van der Waals surface area contributed by atoms with Gasteiger partial charge in [-0.3, -0.25) is 4.79 Å². The quantitative estimate of drug-likeness (QED) is 0.824. The maximum absolute atomic E-state index is 12.3. The fourth-order valence-electron chi connectivity index (χ4n) is 1.66. The van der Waals surface area contributed by atoms with Gasteiger partial charge >= 0.3 is 0 Å². The first-order valence-electron chi connectivity index (χ1n) is 5.35. The van der Waals surface area contributed by atoms with Crippen LogP contribution in [-0.2, 0) is 14.8 Å². The van der Waals surface area contributed by atoms with Crippen molar-refractivity contribution in [3.63, 3.8) is 0 Å². The van der Waals surface area contributed by atoms with E-state index in [2.05, 4.69) is 4.98 Å². The van der Waals surface area contributed by atoms with Gasteiger partial charge < -0.3 is 9.72 Å². The third kappa shape index (κ3) is 2.79. The second-order valence-corrected chi connectivity index (χ2v) is 6.21. The van der Waals surface area contributed by atoms with Crippen molar-refractivity contribution in [1.29, 1.82) is 5.26 Å². The number of hydrogen-bond acceptors (Lipinski definition) is 5. The van der Waals surface area contributed by atoms with Crippen LogP contribution in [0.15, 0.2) is 22.0 Å². The molecule has 1 fully saturated rings. The van der Waals surface area contributed by atoms with Crippen LogP contribution in [0.3, 0.4) is 0 Å². The van der Waals surface area contributed by atoms with E-state index in [0.29, 0.717) is 0 Å². The van der Waals surface area contributed by atoms with E-state index < -0.39 is 21.7 Å². The molecule has 7 nitrogen and oxygen atoms in total. The molecule has 0 saturated carbocycles. The highest BCUT2D eigenvalue weighted by Crippen LogP contribution is 2.19. The van der Waals surface area contributed by atoms with Crippen LogP contribution in [0.25, 0.3) is 0 Å². The van der Waals surface area contributed by atoms with E-state index in [1.807, 2.05) is 6.07 Å².